The Labute approximate surface area is 104 Å². The molecule has 0 bridgehead atoms. The number of hydrogen-bond donors (Lipinski definition) is 0. The molecule has 2 heteroatoms. The van der Waals surface area contributed by atoms with Crippen molar-refractivity contribution in [2.75, 3.05) is 6.61 Å². The molecule has 0 aliphatic carbocycles. The summed E-state index contributed by atoms with van der Waals surface area (Å²) >= 11 is 0. The Hall–Kier alpha value is 0.177. The van der Waals surface area contributed by atoms with Crippen LogP contribution in [0.25, 0.3) is 0 Å². The summed E-state index contributed by atoms with van der Waals surface area (Å²) in [6.07, 6.45) is 14.3. The third-order valence-corrected chi connectivity index (χ3v) is 6.47. The van der Waals surface area contributed by atoms with Gasteiger partial charge in [0.1, 0.15) is 0 Å². The summed E-state index contributed by atoms with van der Waals surface area (Å²) in [5, 5.41) is 0. The van der Waals surface area contributed by atoms with Crippen molar-refractivity contribution >= 4 is 9.04 Å². The van der Waals surface area contributed by atoms with Gasteiger partial charge >= 0.3 is 0 Å². The van der Waals surface area contributed by atoms with E-state index in [-0.39, 0.29) is 0 Å². The van der Waals surface area contributed by atoms with Gasteiger partial charge in [0.05, 0.1) is 0 Å². The summed E-state index contributed by atoms with van der Waals surface area (Å²) in [7, 11) is -0.696. The molecule has 0 radical (unpaired) electrons. The zero-order chi connectivity index (χ0) is 11.5. The molecule has 1 rings (SSSR count). The van der Waals surface area contributed by atoms with E-state index in [1.54, 1.807) is 0 Å². The first-order valence-electron chi connectivity index (χ1n) is 7.55. The second-order valence-corrected chi connectivity index (χ2v) is 7.98. The lowest BCUT2D eigenvalue weighted by atomic mass is 10.1. The van der Waals surface area contributed by atoms with Crippen LogP contribution in [-0.4, -0.2) is 15.6 Å². The maximum Gasteiger partial charge on any atom is 0.176 e. The van der Waals surface area contributed by atoms with E-state index in [4.69, 9.17) is 4.43 Å². The molecule has 1 heterocycles. The van der Waals surface area contributed by atoms with Crippen molar-refractivity contribution in [1.29, 1.82) is 0 Å². The first kappa shape index (κ1) is 14.2. The lowest BCUT2D eigenvalue weighted by Gasteiger charge is -2.20. The van der Waals surface area contributed by atoms with E-state index in [0.29, 0.717) is 0 Å². The third kappa shape index (κ3) is 7.45. The minimum atomic E-state index is -0.696. The van der Waals surface area contributed by atoms with Gasteiger partial charge < -0.3 is 4.43 Å². The number of hydrogen-bond acceptors (Lipinski definition) is 1. The van der Waals surface area contributed by atoms with Gasteiger partial charge in [-0.25, -0.2) is 0 Å². The molecule has 0 amide bonds. The molecule has 1 nitrogen and oxygen atoms in total. The first-order valence-corrected chi connectivity index (χ1v) is 9.65. The second kappa shape index (κ2) is 10.3. The molecule has 0 spiro atoms. The van der Waals surface area contributed by atoms with E-state index >= 15 is 0 Å². The molecule has 0 aromatic carbocycles. The van der Waals surface area contributed by atoms with Gasteiger partial charge in [0, 0.05) is 6.61 Å². The fourth-order valence-electron chi connectivity index (χ4n) is 2.54. The van der Waals surface area contributed by atoms with Gasteiger partial charge in [0.25, 0.3) is 0 Å². The van der Waals surface area contributed by atoms with Crippen LogP contribution in [0.15, 0.2) is 0 Å². The Morgan fingerprint density at radius 2 is 1.56 bits per heavy atom. The fraction of sp³-hybridized carbons (Fsp3) is 1.00. The molecule has 0 saturated carbocycles. The van der Waals surface area contributed by atoms with Crippen LogP contribution in [0.2, 0.25) is 12.1 Å². The zero-order valence-electron chi connectivity index (χ0n) is 11.2. The highest BCUT2D eigenvalue weighted by Crippen LogP contribution is 2.17. The minimum Gasteiger partial charge on any atom is -0.420 e. The average molecular weight is 242 g/mol. The van der Waals surface area contributed by atoms with Crippen LogP contribution in [-0.2, 0) is 4.43 Å². The van der Waals surface area contributed by atoms with E-state index in [2.05, 4.69) is 6.92 Å². The molecule has 0 aromatic rings. The maximum atomic E-state index is 5.88. The van der Waals surface area contributed by atoms with Crippen molar-refractivity contribution in [2.24, 2.45) is 0 Å². The standard InChI is InChI=1S/C14H30OSi/c1-2-3-4-5-6-7-8-10-13-16-14-11-9-12-15-16/h16H,2-14H2,1H3. The Bertz CT molecular complexity index is 144. The van der Waals surface area contributed by atoms with Crippen molar-refractivity contribution in [2.45, 2.75) is 83.2 Å². The van der Waals surface area contributed by atoms with Crippen LogP contribution < -0.4 is 0 Å². The van der Waals surface area contributed by atoms with Gasteiger partial charge in [-0.3, -0.25) is 0 Å². The van der Waals surface area contributed by atoms with Gasteiger partial charge in [-0.1, -0.05) is 64.7 Å². The monoisotopic (exact) mass is 242 g/mol. The highest BCUT2D eigenvalue weighted by atomic mass is 28.3. The summed E-state index contributed by atoms with van der Waals surface area (Å²) < 4.78 is 5.88. The molecule has 1 aliphatic rings. The molecular weight excluding hydrogens is 212 g/mol. The molecule has 1 fully saturated rings. The van der Waals surface area contributed by atoms with E-state index in [1.807, 2.05) is 0 Å². The molecular formula is C14H30OSi. The number of unbranched alkanes of at least 4 members (excludes halogenated alkanes) is 7. The Kier molecular flexibility index (Phi) is 9.20. The Morgan fingerprint density at radius 1 is 0.875 bits per heavy atom. The quantitative estimate of drug-likeness (QED) is 0.422. The molecule has 1 saturated heterocycles. The van der Waals surface area contributed by atoms with Crippen molar-refractivity contribution in [3.05, 3.63) is 0 Å². The smallest absolute Gasteiger partial charge is 0.176 e. The van der Waals surface area contributed by atoms with Crippen LogP contribution >= 0.6 is 0 Å². The normalized spacial score (nSPS) is 21.2. The highest BCUT2D eigenvalue weighted by Gasteiger charge is 2.14. The Balaban J connectivity index is 1.77. The highest BCUT2D eigenvalue weighted by molar-refractivity contribution is 6.51. The van der Waals surface area contributed by atoms with Crippen LogP contribution in [0.1, 0.15) is 71.1 Å². The molecule has 96 valence electrons. The van der Waals surface area contributed by atoms with Crippen LogP contribution in [0.4, 0.5) is 0 Å². The molecule has 0 N–H and O–H groups in total. The lowest BCUT2D eigenvalue weighted by molar-refractivity contribution is 0.285. The topological polar surface area (TPSA) is 9.23 Å². The SMILES string of the molecule is CCCCCCCCCC[SiH]1CCCCO1. The largest absolute Gasteiger partial charge is 0.420 e. The minimum absolute atomic E-state index is 0.696. The van der Waals surface area contributed by atoms with Crippen LogP contribution in [0.3, 0.4) is 0 Å². The van der Waals surface area contributed by atoms with E-state index in [9.17, 15) is 0 Å². The summed E-state index contributed by atoms with van der Waals surface area (Å²) in [4.78, 5) is 0. The molecule has 1 atom stereocenters. The van der Waals surface area contributed by atoms with Gasteiger partial charge in [0.15, 0.2) is 9.04 Å². The molecule has 1 unspecified atom stereocenters. The summed E-state index contributed by atoms with van der Waals surface area (Å²) in [5.74, 6) is 0. The van der Waals surface area contributed by atoms with Crippen molar-refractivity contribution in [3.63, 3.8) is 0 Å². The van der Waals surface area contributed by atoms with E-state index in [1.165, 1.54) is 76.3 Å². The van der Waals surface area contributed by atoms with Gasteiger partial charge in [-0.15, -0.1) is 0 Å². The maximum absolute atomic E-state index is 5.88. The fourth-order valence-corrected chi connectivity index (χ4v) is 5.15. The molecule has 0 aromatic heterocycles. The van der Waals surface area contributed by atoms with Crippen molar-refractivity contribution in [3.8, 4) is 0 Å². The van der Waals surface area contributed by atoms with Crippen molar-refractivity contribution < 1.29 is 4.43 Å². The summed E-state index contributed by atoms with van der Waals surface area (Å²) in [6.45, 7) is 3.36. The third-order valence-electron chi connectivity index (χ3n) is 3.65. The van der Waals surface area contributed by atoms with Crippen LogP contribution in [0, 0.1) is 0 Å². The molecule has 16 heavy (non-hydrogen) atoms. The van der Waals surface area contributed by atoms with Gasteiger partial charge in [-0.05, 0) is 18.5 Å². The Morgan fingerprint density at radius 3 is 2.19 bits per heavy atom. The average Bonchev–Trinajstić information content (AvgIpc) is 2.34. The zero-order valence-corrected chi connectivity index (χ0v) is 12.3. The van der Waals surface area contributed by atoms with Gasteiger partial charge in [-0.2, -0.15) is 0 Å². The van der Waals surface area contributed by atoms with E-state index in [0.717, 1.165) is 6.61 Å². The molecule has 1 aliphatic heterocycles. The summed E-state index contributed by atoms with van der Waals surface area (Å²) in [5.41, 5.74) is 0. The van der Waals surface area contributed by atoms with Crippen molar-refractivity contribution in [1.82, 2.24) is 0 Å². The lowest BCUT2D eigenvalue weighted by Crippen LogP contribution is -2.22. The van der Waals surface area contributed by atoms with E-state index < -0.39 is 9.04 Å². The van der Waals surface area contributed by atoms with Crippen LogP contribution in [0.5, 0.6) is 0 Å². The number of rotatable bonds is 9. The van der Waals surface area contributed by atoms with Gasteiger partial charge in [0.2, 0.25) is 0 Å². The second-order valence-electron chi connectivity index (χ2n) is 5.25. The summed E-state index contributed by atoms with van der Waals surface area (Å²) in [6, 6.07) is 2.91. The predicted octanol–water partition coefficient (Wildman–Crippen LogP) is 4.66. The first-order chi connectivity index (χ1) is 7.93. The predicted molar refractivity (Wildman–Crippen MR) is 74.6 cm³/mol.